The Morgan fingerprint density at radius 1 is 0.917 bits per heavy atom. The second-order valence-corrected chi connectivity index (χ2v) is 16.8. The molecule has 10 heteroatoms. The van der Waals surface area contributed by atoms with E-state index in [0.29, 0.717) is 37.0 Å². The van der Waals surface area contributed by atoms with Gasteiger partial charge < -0.3 is 10.6 Å². The van der Waals surface area contributed by atoms with E-state index in [1.165, 1.54) is 5.31 Å². The number of hydrogen-bond acceptors (Lipinski definition) is 2. The largest absolute Gasteiger partial charge is 0.418 e. The third-order valence-corrected chi connectivity index (χ3v) is 14.5. The first kappa shape index (κ1) is 34.0. The van der Waals surface area contributed by atoms with Crippen LogP contribution in [0.2, 0.25) is 2.82 Å². The van der Waals surface area contributed by atoms with Crippen molar-refractivity contribution >= 4 is 17.5 Å². The topological polar surface area (TPSA) is 58.2 Å². The van der Waals surface area contributed by atoms with Crippen molar-refractivity contribution in [3.8, 4) is 0 Å². The van der Waals surface area contributed by atoms with Crippen molar-refractivity contribution < 1.29 is 38.8 Å². The third-order valence-electron chi connectivity index (χ3n) is 14.5. The Hall–Kier alpha value is -2.52. The third kappa shape index (κ3) is 4.61. The van der Waals surface area contributed by atoms with Gasteiger partial charge in [-0.25, -0.2) is 0 Å². The Morgan fingerprint density at radius 2 is 1.48 bits per heavy atom. The molecule has 3 saturated carbocycles. The number of alkyl halides is 6. The van der Waals surface area contributed by atoms with Gasteiger partial charge in [-0.05, 0) is 110 Å². The lowest BCUT2D eigenvalue weighted by atomic mass is 9.30. The summed E-state index contributed by atoms with van der Waals surface area (Å²) >= 11 is 0. The maximum atomic E-state index is 14.7. The van der Waals surface area contributed by atoms with Crippen LogP contribution in [0.4, 0.5) is 32.0 Å². The second kappa shape index (κ2) is 11.2. The molecule has 268 valence electrons. The Kier molecular flexibility index (Phi) is 7.95. The summed E-state index contributed by atoms with van der Waals surface area (Å²) in [5.41, 5.74) is -5.74. The smallest absolute Gasteiger partial charge is 0.349 e. The van der Waals surface area contributed by atoms with Gasteiger partial charge >= 0.3 is 12.4 Å². The van der Waals surface area contributed by atoms with E-state index in [1.54, 1.807) is 6.92 Å². The molecule has 7 atom stereocenters. The van der Waals surface area contributed by atoms with E-state index < -0.39 is 68.2 Å². The van der Waals surface area contributed by atoms with Crippen molar-refractivity contribution in [1.29, 1.82) is 0 Å². The fourth-order valence-electron chi connectivity index (χ4n) is 12.4. The van der Waals surface area contributed by atoms with E-state index in [4.69, 9.17) is 2.82 Å². The minimum atomic E-state index is -5.10. The van der Waals surface area contributed by atoms with Gasteiger partial charge in [-0.2, -0.15) is 26.3 Å². The van der Waals surface area contributed by atoms with E-state index in [9.17, 15) is 35.9 Å². The maximum absolute atomic E-state index is 14.7. The molecule has 1 aliphatic heterocycles. The number of rotatable bonds is 4. The summed E-state index contributed by atoms with van der Waals surface area (Å²) < 4.78 is 103. The normalized spacial score (nSPS) is 35.3. The molecule has 5 rings (SSSR count). The quantitative estimate of drug-likeness (QED) is 0.310. The number of benzene rings is 1. The van der Waals surface area contributed by atoms with Crippen molar-refractivity contribution in [2.75, 3.05) is 5.31 Å². The molecule has 1 heterocycles. The van der Waals surface area contributed by atoms with Gasteiger partial charge in [0.25, 0.3) is 0 Å². The molecule has 0 spiro atoms. The summed E-state index contributed by atoms with van der Waals surface area (Å²) in [7, 11) is 0. The Labute approximate surface area is 284 Å². The molecule has 48 heavy (non-hydrogen) atoms. The first-order valence-electron chi connectivity index (χ1n) is 18.2. The van der Waals surface area contributed by atoms with Gasteiger partial charge in [-0.1, -0.05) is 61.0 Å². The fourth-order valence-corrected chi connectivity index (χ4v) is 12.4. The molecule has 4 nitrogen and oxygen atoms in total. The molecule has 0 saturated heterocycles. The lowest BCUT2D eigenvalue weighted by Gasteiger charge is -2.75. The average molecular weight is 685 g/mol. The van der Waals surface area contributed by atoms with Crippen LogP contribution in [0.25, 0.3) is 0 Å². The maximum Gasteiger partial charge on any atom is 0.418 e. The van der Waals surface area contributed by atoms with Crippen LogP contribution in [0.5, 0.6) is 0 Å². The zero-order valence-electron chi connectivity index (χ0n) is 32.0. The number of anilines is 1. The molecule has 2 N–H and O–H groups in total. The predicted octanol–water partition coefficient (Wildman–Crippen LogP) is 10.2. The zero-order valence-corrected chi connectivity index (χ0v) is 30.0. The van der Waals surface area contributed by atoms with Crippen LogP contribution in [0.15, 0.2) is 23.3 Å². The highest BCUT2D eigenvalue weighted by atomic mass is 19.4. The van der Waals surface area contributed by atoms with E-state index in [1.807, 2.05) is 20.8 Å². The Morgan fingerprint density at radius 3 is 2.00 bits per heavy atom. The molecule has 3 aliphatic carbocycles. The molecular weight excluding hydrogens is 630 g/mol. The first-order chi connectivity index (χ1) is 22.7. The van der Waals surface area contributed by atoms with Crippen LogP contribution in [-0.4, -0.2) is 17.9 Å². The molecular formula is C38H52F6N2O2. The number of carbonyl (C=O) groups excluding carboxylic acids is 2. The number of hydrogen-bond donors (Lipinski definition) is 2. The van der Waals surface area contributed by atoms with E-state index in [2.05, 4.69) is 41.5 Å². The molecule has 1 aromatic carbocycles. The number of amides is 2. The van der Waals surface area contributed by atoms with Crippen LogP contribution in [-0.2, 0) is 21.9 Å². The van der Waals surface area contributed by atoms with Crippen LogP contribution in [0.1, 0.15) is 112 Å². The minimum Gasteiger partial charge on any atom is -0.349 e. The van der Waals surface area contributed by atoms with Crippen LogP contribution < -0.4 is 10.6 Å². The second-order valence-electron chi connectivity index (χ2n) is 16.8. The first-order valence-corrected chi connectivity index (χ1v) is 17.3. The summed E-state index contributed by atoms with van der Waals surface area (Å²) in [6.45, 7) is 21.6. The van der Waals surface area contributed by atoms with E-state index in [-0.39, 0.29) is 53.3 Å². The Bertz CT molecular complexity index is 1610. The van der Waals surface area contributed by atoms with Gasteiger partial charge in [0.15, 0.2) is 2.82 Å². The van der Waals surface area contributed by atoms with Crippen molar-refractivity contribution in [2.24, 2.45) is 57.2 Å². The lowest BCUT2D eigenvalue weighted by molar-refractivity contribution is -0.255. The SMILES string of the molecule is [2H]N(C(=O)[C@H]1CC[C@H]2[C@@H]3CC[C@H]4N([2H])C(=O)C(C)=C(C)[C@]4(C(C)C)[C@H]3C(C)(C)C(C)(C)[C@]12C(C)C)c1c(C(F)(F)F)ccc(C(F)(F)F)c1C. The van der Waals surface area contributed by atoms with Gasteiger partial charge in [-0.3, -0.25) is 9.59 Å². The number of carbonyl (C=O) groups is 2. The molecule has 0 aromatic heterocycles. The highest BCUT2D eigenvalue weighted by Gasteiger charge is 2.76. The molecule has 0 bridgehead atoms. The molecule has 0 unspecified atom stereocenters. The average Bonchev–Trinajstić information content (AvgIpc) is 3.41. The summed E-state index contributed by atoms with van der Waals surface area (Å²) in [4.78, 5) is 28.0. The number of halogens is 6. The summed E-state index contributed by atoms with van der Waals surface area (Å²) in [5.74, 6) is -2.37. The van der Waals surface area contributed by atoms with Gasteiger partial charge in [0.2, 0.25) is 11.8 Å². The van der Waals surface area contributed by atoms with Crippen molar-refractivity contribution in [1.82, 2.24) is 5.31 Å². The van der Waals surface area contributed by atoms with Crippen molar-refractivity contribution in [3.63, 3.8) is 0 Å². The summed E-state index contributed by atoms with van der Waals surface area (Å²) in [6.07, 6.45) is -7.95. The molecule has 0 radical (unpaired) electrons. The molecule has 3 fully saturated rings. The predicted molar refractivity (Wildman–Crippen MR) is 175 cm³/mol. The highest BCUT2D eigenvalue weighted by molar-refractivity contribution is 5.96. The Balaban J connectivity index is 1.73. The van der Waals surface area contributed by atoms with E-state index >= 15 is 0 Å². The van der Waals surface area contributed by atoms with Gasteiger partial charge in [-0.15, -0.1) is 0 Å². The number of fused-ring (bicyclic) bond motifs is 5. The molecule has 1 aromatic rings. The van der Waals surface area contributed by atoms with Crippen LogP contribution in [0.3, 0.4) is 0 Å². The van der Waals surface area contributed by atoms with Crippen LogP contribution in [0, 0.1) is 64.1 Å². The summed E-state index contributed by atoms with van der Waals surface area (Å²) in [5, 5.41) is 1.30. The van der Waals surface area contributed by atoms with Crippen LogP contribution >= 0.6 is 0 Å². The van der Waals surface area contributed by atoms with Gasteiger partial charge in [0.05, 0.1) is 16.8 Å². The molecule has 4 aliphatic rings. The standard InChI is InChI=1S/C38H52F6N2O2/c1-18(2)35-22(7)20(5)31(47)45-28(35)17-12-23-25-14-16-27(36(25,19(3)4)34(10,11)33(8,9)30(23)35)32(48)46-29-21(6)24(37(39,40)41)13-15-26(29)38(42,43)44/h13,15,18-19,23,25,27-28,30H,12,14,16-17H2,1-11H3,(H,45,47)(H,46,48)/t23-,25-,27+,28+,30+,35-,36-/m0/s1/i/hD2. The van der Waals surface area contributed by atoms with Gasteiger partial charge in [0.1, 0.15) is 0 Å². The summed E-state index contributed by atoms with van der Waals surface area (Å²) in [6, 6.07) is 0.332. The monoisotopic (exact) mass is 684 g/mol. The highest BCUT2D eigenvalue weighted by Crippen LogP contribution is 2.79. The zero-order chi connectivity index (χ0) is 38.1. The van der Waals surface area contributed by atoms with Crippen molar-refractivity contribution in [2.45, 2.75) is 120 Å². The van der Waals surface area contributed by atoms with Gasteiger partial charge in [0, 0.05) is 22.9 Å². The fraction of sp³-hybridized carbons (Fsp3) is 0.737. The lowest BCUT2D eigenvalue weighted by Crippen LogP contribution is -2.73. The molecule has 2 amide bonds. The van der Waals surface area contributed by atoms with E-state index in [0.717, 1.165) is 12.5 Å². The van der Waals surface area contributed by atoms with Crippen molar-refractivity contribution in [3.05, 3.63) is 40.0 Å². The number of nitrogens with one attached hydrogen (secondary N) is 2. The minimum absolute atomic E-state index is 0.0278.